The molecule has 0 unspecified atom stereocenters. The van der Waals surface area contributed by atoms with Crippen molar-refractivity contribution < 1.29 is 29.3 Å². The lowest BCUT2D eigenvalue weighted by molar-refractivity contribution is -0.127. The van der Waals surface area contributed by atoms with E-state index in [0.29, 0.717) is 46.1 Å². The van der Waals surface area contributed by atoms with Gasteiger partial charge < -0.3 is 19.8 Å². The van der Waals surface area contributed by atoms with Crippen molar-refractivity contribution in [3.05, 3.63) is 256 Å². The highest BCUT2D eigenvalue weighted by molar-refractivity contribution is 14.1. The number of imide groups is 1. The largest absolute Gasteiger partial charge is 0.506 e. The summed E-state index contributed by atoms with van der Waals surface area (Å²) in [4.78, 5) is 62.5. The number of nitrogens with zero attached hydrogens (tertiary/aromatic N) is 14. The molecule has 2 aliphatic rings. The van der Waals surface area contributed by atoms with E-state index in [9.17, 15) is 24.6 Å². The maximum Gasteiger partial charge on any atom is 0.254 e. The van der Waals surface area contributed by atoms with Crippen LogP contribution in [0.5, 0.6) is 17.2 Å². The van der Waals surface area contributed by atoms with Crippen LogP contribution in [0, 0.1) is 41.7 Å². The van der Waals surface area contributed by atoms with Crippen molar-refractivity contribution in [3.8, 4) is 108 Å². The fraction of sp³-hybridized carbons (Fsp3) is 0.154. The maximum atomic E-state index is 13.1. The summed E-state index contributed by atoms with van der Waals surface area (Å²) in [5.74, 6) is 5.62. The van der Waals surface area contributed by atoms with E-state index in [1.165, 1.54) is 18.2 Å². The van der Waals surface area contributed by atoms with Crippen molar-refractivity contribution in [3.63, 3.8) is 0 Å². The fourth-order valence-corrected chi connectivity index (χ4v) is 12.9. The minimum Gasteiger partial charge on any atom is -0.506 e. The number of fused-ring (bicyclic) bond motifs is 1. The summed E-state index contributed by atoms with van der Waals surface area (Å²) in [5, 5.41) is 39.5. The van der Waals surface area contributed by atoms with Crippen molar-refractivity contribution in [1.82, 2.24) is 74.3 Å². The summed E-state index contributed by atoms with van der Waals surface area (Å²) in [7, 11) is 9.02. The number of aromatic nitrogens is 13. The number of rotatable bonds is 10. The van der Waals surface area contributed by atoms with Crippen LogP contribution < -0.4 is 10.1 Å². The molecule has 4 aromatic carbocycles. The summed E-state index contributed by atoms with van der Waals surface area (Å²) in [6, 6.07) is 47.2. The lowest BCUT2D eigenvalue weighted by Gasteiger charge is -2.25. The number of amides is 3. The Morgan fingerprint density at radius 1 is 0.510 bits per heavy atom. The molecule has 3 amide bonds. The number of carbonyl (C=O) groups is 3. The number of aromatic hydroxyl groups is 2. The van der Waals surface area contributed by atoms with Crippen LogP contribution in [-0.2, 0) is 44.3 Å². The van der Waals surface area contributed by atoms with Gasteiger partial charge in [-0.15, -0.1) is 0 Å². The molecular weight excluding hydrogens is 1690 g/mol. The van der Waals surface area contributed by atoms with Crippen LogP contribution in [0.3, 0.4) is 0 Å². The van der Waals surface area contributed by atoms with E-state index in [0.717, 1.165) is 89.1 Å². The number of hydrogen-bond acceptors (Lipinski definition) is 15. The Labute approximate surface area is 647 Å². The zero-order chi connectivity index (χ0) is 73.9. The highest BCUT2D eigenvalue weighted by Crippen LogP contribution is 2.37. The van der Waals surface area contributed by atoms with E-state index in [-0.39, 0.29) is 30.4 Å². The second-order valence-electron chi connectivity index (χ2n) is 24.3. The van der Waals surface area contributed by atoms with Gasteiger partial charge >= 0.3 is 0 Å². The van der Waals surface area contributed by atoms with Gasteiger partial charge in [0.2, 0.25) is 11.8 Å². The van der Waals surface area contributed by atoms with Crippen LogP contribution >= 0.6 is 86.3 Å². The van der Waals surface area contributed by atoms with Gasteiger partial charge in [0.15, 0.2) is 0 Å². The zero-order valence-corrected chi connectivity index (χ0v) is 65.9. The number of ether oxygens (including phenoxy) is 1. The molecule has 13 aromatic rings. The summed E-state index contributed by atoms with van der Waals surface area (Å²) in [6.45, 7) is 6.41. The quantitative estimate of drug-likeness (QED) is 0.0498. The second kappa shape index (κ2) is 33.4. The first-order chi connectivity index (χ1) is 49.9. The molecular formula is C78H66Br4IN15O6. The molecule has 21 nitrogen and oxygen atoms in total. The predicted molar refractivity (Wildman–Crippen MR) is 422 cm³/mol. The van der Waals surface area contributed by atoms with E-state index >= 15 is 0 Å². The first-order valence-corrected chi connectivity index (χ1v) is 36.3. The SMILES string of the molecule is COc1ccc2c(c1)C(=O)N(C[C@@]1(C#Cc3ccc(-c4nc(-c5cnn(C)c5)ccc4O)cc3)CC(=O)NC1=O)C2.Cc1ccc(-c2cnn(C)c2)nc1-c1ccc(Br)cc1.Cc1ccc(-c2cnn(C)c2)nc1Br.Cc1ccc(I)nc1Br.Cn1cc(-c2ccc(O)c(-c3ccc(Br)cc3)n2)cn1. The number of methoxy groups -OCH3 is 1. The van der Waals surface area contributed by atoms with Gasteiger partial charge in [0.1, 0.15) is 47.0 Å². The molecule has 2 aliphatic heterocycles. The molecule has 0 saturated carbocycles. The third-order valence-electron chi connectivity index (χ3n) is 16.5. The normalized spacial score (nSPS) is 13.4. The van der Waals surface area contributed by atoms with Gasteiger partial charge in [-0.1, -0.05) is 104 Å². The molecule has 9 aromatic heterocycles. The van der Waals surface area contributed by atoms with Gasteiger partial charge in [-0.2, -0.15) is 20.4 Å². The zero-order valence-electron chi connectivity index (χ0n) is 57.4. The summed E-state index contributed by atoms with van der Waals surface area (Å²) in [5.41, 5.74) is 15.9. The number of pyridine rings is 5. The molecule has 0 spiro atoms. The molecule has 11 heterocycles. The highest BCUT2D eigenvalue weighted by Gasteiger charge is 2.48. The Morgan fingerprint density at radius 3 is 1.36 bits per heavy atom. The summed E-state index contributed by atoms with van der Waals surface area (Å²) >= 11 is 15.8. The Hall–Kier alpha value is -10.3. The molecule has 1 atom stereocenters. The van der Waals surface area contributed by atoms with Gasteiger partial charge in [-0.3, -0.25) is 38.4 Å². The van der Waals surface area contributed by atoms with Crippen molar-refractivity contribution in [2.24, 2.45) is 33.6 Å². The monoisotopic (exact) mass is 1750 g/mol. The van der Waals surface area contributed by atoms with E-state index in [1.807, 2.05) is 152 Å². The molecule has 1 saturated heterocycles. The lowest BCUT2D eigenvalue weighted by Crippen LogP contribution is -2.42. The molecule has 524 valence electrons. The number of carbonyl (C=O) groups excluding carboxylic acids is 3. The first kappa shape index (κ1) is 74.9. The fourth-order valence-electron chi connectivity index (χ4n) is 10.9. The number of aryl methyl sites for hydroxylation is 7. The summed E-state index contributed by atoms with van der Waals surface area (Å²) < 4.78 is 17.1. The molecule has 1 fully saturated rings. The van der Waals surface area contributed by atoms with Crippen molar-refractivity contribution in [2.75, 3.05) is 13.7 Å². The van der Waals surface area contributed by atoms with Crippen LogP contribution in [0.25, 0.3) is 78.8 Å². The summed E-state index contributed by atoms with van der Waals surface area (Å²) in [6.07, 6.45) is 14.6. The molecule has 26 heteroatoms. The van der Waals surface area contributed by atoms with Gasteiger partial charge in [0.05, 0.1) is 66.8 Å². The van der Waals surface area contributed by atoms with Crippen LogP contribution in [0.4, 0.5) is 0 Å². The molecule has 0 aliphatic carbocycles. The van der Waals surface area contributed by atoms with E-state index < -0.39 is 17.2 Å². The molecule has 3 N–H and O–H groups in total. The Morgan fingerprint density at radius 2 is 0.933 bits per heavy atom. The first-order valence-electron chi connectivity index (χ1n) is 32.1. The van der Waals surface area contributed by atoms with Crippen molar-refractivity contribution in [2.45, 2.75) is 33.7 Å². The number of benzene rings is 4. The topological polar surface area (TPSA) is 252 Å². The van der Waals surface area contributed by atoms with Gasteiger partial charge in [0, 0.05) is 125 Å². The highest BCUT2D eigenvalue weighted by atomic mass is 127. The Kier molecular flexibility index (Phi) is 24.1. The minimum atomic E-state index is -1.38. The third kappa shape index (κ3) is 18.5. The van der Waals surface area contributed by atoms with Crippen LogP contribution in [0.1, 0.15) is 44.6 Å². The average molecular weight is 1760 g/mol. The number of hydrogen-bond donors (Lipinski definition) is 3. The van der Waals surface area contributed by atoms with E-state index in [4.69, 9.17) is 9.72 Å². The van der Waals surface area contributed by atoms with Crippen LogP contribution in [0.2, 0.25) is 0 Å². The van der Waals surface area contributed by atoms with E-state index in [1.54, 1.807) is 96.7 Å². The number of nitrogens with one attached hydrogen (secondary N) is 1. The molecule has 0 radical (unpaired) electrons. The van der Waals surface area contributed by atoms with Crippen LogP contribution in [-0.4, -0.2) is 111 Å². The molecule has 15 rings (SSSR count). The smallest absolute Gasteiger partial charge is 0.254 e. The molecule has 104 heavy (non-hydrogen) atoms. The maximum absolute atomic E-state index is 13.1. The average Bonchev–Trinajstić information content (AvgIpc) is 1.61. The van der Waals surface area contributed by atoms with Crippen molar-refractivity contribution in [1.29, 1.82) is 0 Å². The van der Waals surface area contributed by atoms with Gasteiger partial charge in [0.25, 0.3) is 5.91 Å². The predicted octanol–water partition coefficient (Wildman–Crippen LogP) is 16.1. The second-order valence-corrected chi connectivity index (χ2v) is 28.7. The van der Waals surface area contributed by atoms with Gasteiger partial charge in [-0.25, -0.2) is 24.9 Å². The number of halogens is 5. The Balaban J connectivity index is 0.000000144. The van der Waals surface area contributed by atoms with E-state index in [2.05, 4.69) is 169 Å². The minimum absolute atomic E-state index is 0.0234. The molecule has 0 bridgehead atoms. The van der Waals surface area contributed by atoms with Crippen molar-refractivity contribution >= 4 is 104 Å². The lowest BCUT2D eigenvalue weighted by atomic mass is 9.85. The standard InChI is InChI=1S/C31H25N5O5.C16H14BrN3.C15H12BrN3O.C10H10BrN3.C6H5BrIN/c1-35-16-22(15-32-35)25-9-10-26(37)28(33-25)20-5-3-19(4-6-20)11-12-31(14-27(38)34-30(31)40)18-36-17-21-7-8-23(41-2)13-24(21)29(36)39;1-11-3-8-15(13-9-18-20(2)10-13)19-16(11)12-4-6-14(17)7-5-12;1-19-9-11(8-17-19)13-6-7-14(20)15(18-13)10-2-4-12(16)5-3-10;1-7-3-4-9(13-10(7)11)8-5-12-14(2)6-8;1-4-2-3-5(8)9-6(4)7/h3-10,13,15-16,37H,14,17-18H2,1-2H3,(H,34,38,40);3-10H,1-2H3;2-9,20H,1H3;3-6H,1-2H3;2-3H,1H3/t31-;;;;/m1..../s1. The third-order valence-corrected chi connectivity index (χ3v) is 19.8. The Bertz CT molecular complexity index is 5250. The van der Waals surface area contributed by atoms with Gasteiger partial charge in [-0.05, 0) is 188 Å². The van der Waals surface area contributed by atoms with Crippen LogP contribution in [0.15, 0.2) is 219 Å².